The van der Waals surface area contributed by atoms with Gasteiger partial charge < -0.3 is 10.2 Å². The molecule has 2 aromatic carbocycles. The Kier molecular flexibility index (Phi) is 6.73. The molecule has 32 heavy (non-hydrogen) atoms. The van der Waals surface area contributed by atoms with Gasteiger partial charge in [-0.05, 0) is 24.3 Å². The van der Waals surface area contributed by atoms with Gasteiger partial charge in [-0.15, -0.1) is 0 Å². The Labute approximate surface area is 190 Å². The van der Waals surface area contributed by atoms with Crippen LogP contribution in [-0.2, 0) is 9.84 Å². The molecule has 10 heteroatoms. The van der Waals surface area contributed by atoms with Gasteiger partial charge in [0.15, 0.2) is 15.0 Å². The fraction of sp³-hybridized carbons (Fsp3) is 0.364. The number of nitrogens with zero attached hydrogens (tertiary/aromatic N) is 3. The Bertz CT molecular complexity index is 1220. The molecule has 1 N–H and O–H groups in total. The summed E-state index contributed by atoms with van der Waals surface area (Å²) in [6.45, 7) is 5.79. The van der Waals surface area contributed by atoms with Gasteiger partial charge in [-0.2, -0.15) is 0 Å². The third kappa shape index (κ3) is 4.77. The van der Waals surface area contributed by atoms with Gasteiger partial charge in [0, 0.05) is 39.3 Å². The molecule has 1 aliphatic rings. The number of aromatic nitrogens is 1. The van der Waals surface area contributed by atoms with Crippen molar-refractivity contribution in [2.75, 3.05) is 49.9 Å². The summed E-state index contributed by atoms with van der Waals surface area (Å²) in [6.07, 6.45) is 0. The second-order valence-corrected chi connectivity index (χ2v) is 10.8. The van der Waals surface area contributed by atoms with Crippen LogP contribution >= 0.6 is 11.3 Å². The molecular formula is C22H25FN4O3S2. The number of fused-ring (bicyclic) bond motifs is 1. The van der Waals surface area contributed by atoms with Gasteiger partial charge in [-0.25, -0.2) is 17.8 Å². The predicted octanol–water partition coefficient (Wildman–Crippen LogP) is 2.78. The maximum Gasteiger partial charge on any atom is 0.252 e. The number of carbonyl (C=O) groups is 1. The predicted molar refractivity (Wildman–Crippen MR) is 125 cm³/mol. The Morgan fingerprint density at radius 3 is 2.59 bits per heavy atom. The molecule has 170 valence electrons. The molecule has 1 aliphatic heterocycles. The van der Waals surface area contributed by atoms with E-state index in [0.29, 0.717) is 18.6 Å². The summed E-state index contributed by atoms with van der Waals surface area (Å²) in [6, 6.07) is 11.3. The lowest BCUT2D eigenvalue weighted by Gasteiger charge is -2.34. The third-order valence-electron chi connectivity index (χ3n) is 5.56. The van der Waals surface area contributed by atoms with Gasteiger partial charge in [-0.1, -0.05) is 36.5 Å². The lowest BCUT2D eigenvalue weighted by Crippen LogP contribution is -2.48. The normalized spacial score (nSPS) is 15.2. The zero-order valence-electron chi connectivity index (χ0n) is 17.8. The lowest BCUT2D eigenvalue weighted by atomic mass is 10.2. The van der Waals surface area contributed by atoms with Crippen molar-refractivity contribution in [1.82, 2.24) is 15.2 Å². The van der Waals surface area contributed by atoms with Crippen LogP contribution in [0, 0.1) is 5.82 Å². The molecule has 0 saturated carbocycles. The largest absolute Gasteiger partial charge is 0.351 e. The number of piperazine rings is 1. The van der Waals surface area contributed by atoms with Crippen LogP contribution in [0.4, 0.5) is 9.52 Å². The number of rotatable bonds is 7. The fourth-order valence-electron chi connectivity index (χ4n) is 3.70. The Balaban J connectivity index is 1.29. The van der Waals surface area contributed by atoms with Crippen molar-refractivity contribution < 1.29 is 17.6 Å². The molecule has 7 nitrogen and oxygen atoms in total. The first-order chi connectivity index (χ1) is 15.4. The number of anilines is 1. The van der Waals surface area contributed by atoms with Crippen LogP contribution in [-0.4, -0.2) is 69.2 Å². The summed E-state index contributed by atoms with van der Waals surface area (Å²) in [5.74, 6) is -0.733. The molecular weight excluding hydrogens is 451 g/mol. The van der Waals surface area contributed by atoms with E-state index in [-0.39, 0.29) is 27.9 Å². The minimum Gasteiger partial charge on any atom is -0.351 e. The zero-order chi connectivity index (χ0) is 22.7. The van der Waals surface area contributed by atoms with E-state index in [0.717, 1.165) is 36.0 Å². The van der Waals surface area contributed by atoms with E-state index in [1.165, 1.54) is 29.5 Å². The molecule has 1 aromatic heterocycles. The standard InChI is InChI=1S/C22H25FN4O3S2/c1-2-32(29,30)19-9-4-3-6-16(19)21(28)24-10-11-26-12-14-27(15-13-26)22-25-20-17(23)7-5-8-18(20)31-22/h3-9H,2,10-15H2,1H3,(H,24,28). The van der Waals surface area contributed by atoms with E-state index in [9.17, 15) is 17.6 Å². The average molecular weight is 477 g/mol. The average Bonchev–Trinajstić information content (AvgIpc) is 3.25. The van der Waals surface area contributed by atoms with Crippen LogP contribution in [0.3, 0.4) is 0 Å². The number of hydrogen-bond acceptors (Lipinski definition) is 7. The van der Waals surface area contributed by atoms with Crippen LogP contribution in [0.1, 0.15) is 17.3 Å². The molecule has 0 unspecified atom stereocenters. The highest BCUT2D eigenvalue weighted by Crippen LogP contribution is 2.30. The van der Waals surface area contributed by atoms with E-state index in [2.05, 4.69) is 20.1 Å². The molecule has 0 atom stereocenters. The van der Waals surface area contributed by atoms with Crippen molar-refractivity contribution in [3.8, 4) is 0 Å². The maximum atomic E-state index is 13.9. The summed E-state index contributed by atoms with van der Waals surface area (Å²) >= 11 is 1.49. The van der Waals surface area contributed by atoms with Crippen molar-refractivity contribution in [1.29, 1.82) is 0 Å². The zero-order valence-corrected chi connectivity index (χ0v) is 19.4. The summed E-state index contributed by atoms with van der Waals surface area (Å²) in [4.78, 5) is 21.5. The highest BCUT2D eigenvalue weighted by molar-refractivity contribution is 7.91. The van der Waals surface area contributed by atoms with Gasteiger partial charge in [0.05, 0.1) is 20.9 Å². The summed E-state index contributed by atoms with van der Waals surface area (Å²) in [5, 5.41) is 3.66. The van der Waals surface area contributed by atoms with E-state index in [1.54, 1.807) is 25.1 Å². The highest BCUT2D eigenvalue weighted by atomic mass is 32.2. The molecule has 1 amide bonds. The third-order valence-corrected chi connectivity index (χ3v) is 8.43. The molecule has 3 aromatic rings. The molecule has 1 saturated heterocycles. The molecule has 2 heterocycles. The second-order valence-electron chi connectivity index (χ2n) is 7.57. The molecule has 4 rings (SSSR count). The van der Waals surface area contributed by atoms with Crippen molar-refractivity contribution in [2.24, 2.45) is 0 Å². The number of amides is 1. The van der Waals surface area contributed by atoms with Crippen LogP contribution in [0.25, 0.3) is 10.2 Å². The number of nitrogens with one attached hydrogen (secondary N) is 1. The smallest absolute Gasteiger partial charge is 0.252 e. The molecule has 0 radical (unpaired) electrons. The van der Waals surface area contributed by atoms with E-state index >= 15 is 0 Å². The number of para-hydroxylation sites is 1. The first-order valence-corrected chi connectivity index (χ1v) is 13.0. The van der Waals surface area contributed by atoms with E-state index < -0.39 is 9.84 Å². The van der Waals surface area contributed by atoms with Crippen molar-refractivity contribution in [2.45, 2.75) is 11.8 Å². The van der Waals surface area contributed by atoms with Crippen LogP contribution in [0.15, 0.2) is 47.4 Å². The van der Waals surface area contributed by atoms with Gasteiger partial charge in [0.1, 0.15) is 11.3 Å². The Hall–Kier alpha value is -2.56. The molecule has 0 aliphatic carbocycles. The van der Waals surface area contributed by atoms with Gasteiger partial charge >= 0.3 is 0 Å². The molecule has 0 spiro atoms. The molecule has 1 fully saturated rings. The Morgan fingerprint density at radius 2 is 1.88 bits per heavy atom. The summed E-state index contributed by atoms with van der Waals surface area (Å²) in [7, 11) is -3.47. The number of thiazole rings is 1. The van der Waals surface area contributed by atoms with Gasteiger partial charge in [0.2, 0.25) is 0 Å². The SMILES string of the molecule is CCS(=O)(=O)c1ccccc1C(=O)NCCN1CCN(c2nc3c(F)cccc3s2)CC1. The molecule has 0 bridgehead atoms. The minimum atomic E-state index is -3.47. The monoisotopic (exact) mass is 476 g/mol. The van der Waals surface area contributed by atoms with Gasteiger partial charge in [-0.3, -0.25) is 9.69 Å². The number of carbonyl (C=O) groups excluding carboxylic acids is 1. The van der Waals surface area contributed by atoms with Crippen LogP contribution in [0.5, 0.6) is 0 Å². The first-order valence-electron chi connectivity index (χ1n) is 10.5. The maximum absolute atomic E-state index is 13.9. The van der Waals surface area contributed by atoms with E-state index in [4.69, 9.17) is 0 Å². The van der Waals surface area contributed by atoms with E-state index in [1.807, 2.05) is 6.07 Å². The quantitative estimate of drug-likeness (QED) is 0.565. The fourth-order valence-corrected chi connectivity index (χ4v) is 5.83. The van der Waals surface area contributed by atoms with Crippen molar-refractivity contribution in [3.05, 3.63) is 53.8 Å². The van der Waals surface area contributed by atoms with Crippen LogP contribution < -0.4 is 10.2 Å². The lowest BCUT2D eigenvalue weighted by molar-refractivity contribution is 0.0944. The number of halogens is 1. The summed E-state index contributed by atoms with van der Waals surface area (Å²) in [5.41, 5.74) is 0.602. The number of sulfone groups is 1. The summed E-state index contributed by atoms with van der Waals surface area (Å²) < 4.78 is 39.3. The van der Waals surface area contributed by atoms with Gasteiger partial charge in [0.25, 0.3) is 5.91 Å². The number of hydrogen-bond donors (Lipinski definition) is 1. The first kappa shape index (κ1) is 22.6. The highest BCUT2D eigenvalue weighted by Gasteiger charge is 2.22. The topological polar surface area (TPSA) is 82.6 Å². The van der Waals surface area contributed by atoms with Crippen molar-refractivity contribution >= 4 is 42.4 Å². The second kappa shape index (κ2) is 9.51. The van der Waals surface area contributed by atoms with Crippen LogP contribution in [0.2, 0.25) is 0 Å². The van der Waals surface area contributed by atoms with Crippen molar-refractivity contribution in [3.63, 3.8) is 0 Å². The number of benzene rings is 2. The minimum absolute atomic E-state index is 0.0527. The Morgan fingerprint density at radius 1 is 1.12 bits per heavy atom.